The van der Waals surface area contributed by atoms with Crippen molar-refractivity contribution < 1.29 is 18.7 Å². The molecule has 1 aliphatic rings. The molecule has 1 aliphatic heterocycles. The quantitative estimate of drug-likeness (QED) is 0.383. The van der Waals surface area contributed by atoms with Crippen LogP contribution in [0.3, 0.4) is 0 Å². The van der Waals surface area contributed by atoms with E-state index in [0.717, 1.165) is 19.6 Å². The number of rotatable bonds is 7. The van der Waals surface area contributed by atoms with Gasteiger partial charge in [-0.15, -0.1) is 4.65 Å². The Labute approximate surface area is 103 Å². The third kappa shape index (κ3) is 3.03. The molecule has 0 aliphatic carbocycles. The first-order chi connectivity index (χ1) is 8.05. The lowest BCUT2D eigenvalue weighted by Crippen LogP contribution is -2.50. The maximum absolute atomic E-state index is 12.6. The summed E-state index contributed by atoms with van der Waals surface area (Å²) in [5.74, 6) is 0. The van der Waals surface area contributed by atoms with Crippen LogP contribution in [0.4, 0.5) is 0 Å². The van der Waals surface area contributed by atoms with Crippen molar-refractivity contribution in [3.8, 4) is 0 Å². The molecule has 0 N–H and O–H groups in total. The van der Waals surface area contributed by atoms with Gasteiger partial charge in [-0.05, 0) is 30.4 Å². The summed E-state index contributed by atoms with van der Waals surface area (Å²) in [6, 6.07) is 0. The van der Waals surface area contributed by atoms with E-state index in [1.165, 1.54) is 18.1 Å². The molecule has 0 saturated carbocycles. The van der Waals surface area contributed by atoms with Crippen molar-refractivity contribution in [1.29, 1.82) is 0 Å². The van der Waals surface area contributed by atoms with E-state index in [9.17, 15) is 4.89 Å². The number of aliphatic imine (C=N–C) groups is 1. The van der Waals surface area contributed by atoms with Crippen LogP contribution >= 0.6 is 8.09 Å². The molecule has 0 fully saturated rings. The zero-order chi connectivity index (χ0) is 12.9. The molecule has 0 aromatic heterocycles. The van der Waals surface area contributed by atoms with Gasteiger partial charge in [-0.25, -0.2) is 0 Å². The molecule has 1 unspecified atom stereocenters. The number of quaternary nitrogens is 1. The van der Waals surface area contributed by atoms with E-state index < -0.39 is 8.09 Å². The van der Waals surface area contributed by atoms with Gasteiger partial charge >= 0.3 is 14.4 Å². The first-order valence-corrected chi connectivity index (χ1v) is 7.27. The number of hydrogen-bond donors (Lipinski definition) is 0. The van der Waals surface area contributed by atoms with E-state index >= 15 is 0 Å². The molecule has 7 heteroatoms. The fourth-order valence-corrected chi connectivity index (χ4v) is 3.16. The van der Waals surface area contributed by atoms with Gasteiger partial charge < -0.3 is 4.89 Å². The molecule has 0 amide bonds. The predicted octanol–water partition coefficient (Wildman–Crippen LogP) is 0.630. The third-order valence-electron chi connectivity index (χ3n) is 3.01. The van der Waals surface area contributed by atoms with Crippen molar-refractivity contribution in [2.24, 2.45) is 0 Å². The highest BCUT2D eigenvalue weighted by Gasteiger charge is 2.53. The third-order valence-corrected chi connectivity index (χ3v) is 4.83. The maximum Gasteiger partial charge on any atom is 0.486 e. The largest absolute Gasteiger partial charge is 0.591 e. The number of hydrogen-bond acceptors (Lipinski definition) is 5. The molecule has 1 rings (SSSR count). The Hall–Kier alpha value is -0.520. The van der Waals surface area contributed by atoms with E-state index in [1.54, 1.807) is 12.4 Å². The fraction of sp³-hybridized carbons (Fsp3) is 0.700. The molecule has 0 spiro atoms. The standard InChI is InChI=1S/C10H21N3O3P/c1-5-13(6-2,7-3)16-17(14,15-4)12-9-8-11-10-12/h8-10H,5-7H2,1-4H3/q+2. The van der Waals surface area contributed by atoms with Gasteiger partial charge in [-0.1, -0.05) is 0 Å². The minimum atomic E-state index is -3.35. The summed E-state index contributed by atoms with van der Waals surface area (Å²) in [5.41, 5.74) is 0. The lowest BCUT2D eigenvalue weighted by molar-refractivity contribution is -1.08. The minimum absolute atomic E-state index is 0.295. The van der Waals surface area contributed by atoms with E-state index in [-0.39, 0.29) is 0 Å². The van der Waals surface area contributed by atoms with E-state index in [1.807, 2.05) is 20.8 Å². The zero-order valence-electron chi connectivity index (χ0n) is 10.9. The molecular formula is C10H21N3O3P+2. The van der Waals surface area contributed by atoms with Gasteiger partial charge in [-0.3, -0.25) is 0 Å². The first-order valence-electron chi connectivity index (χ1n) is 5.77. The summed E-state index contributed by atoms with van der Waals surface area (Å²) in [4.78, 5) is 16.5. The maximum atomic E-state index is 12.6. The molecule has 0 saturated heterocycles. The van der Waals surface area contributed by atoms with Gasteiger partial charge in [0.05, 0.1) is 7.11 Å². The lowest BCUT2D eigenvalue weighted by Gasteiger charge is -2.34. The smallest absolute Gasteiger partial charge is 0.486 e. The normalized spacial score (nSPS) is 18.8. The SMILES string of the molecule is CC[N+](CC)(CC)O[P+]([O-])(OC)N1C=C[N+]=C1. The van der Waals surface area contributed by atoms with Crippen LogP contribution < -0.4 is 9.89 Å². The van der Waals surface area contributed by atoms with Crippen LogP contribution in [0, 0.1) is 0 Å². The molecule has 6 nitrogen and oxygen atoms in total. The van der Waals surface area contributed by atoms with E-state index in [2.05, 4.69) is 4.99 Å². The van der Waals surface area contributed by atoms with Crippen molar-refractivity contribution in [2.75, 3.05) is 26.7 Å². The second kappa shape index (κ2) is 5.89. The van der Waals surface area contributed by atoms with Crippen molar-refractivity contribution in [3.05, 3.63) is 12.4 Å². The van der Waals surface area contributed by atoms with Crippen LogP contribution in [0.25, 0.3) is 0 Å². The van der Waals surface area contributed by atoms with Crippen molar-refractivity contribution in [1.82, 2.24) is 9.66 Å². The van der Waals surface area contributed by atoms with Crippen LogP contribution in [0.2, 0.25) is 0 Å². The average molecular weight is 262 g/mol. The summed E-state index contributed by atoms with van der Waals surface area (Å²) < 4.78 is 12.5. The Bertz CT molecular complexity index is 287. The van der Waals surface area contributed by atoms with Crippen molar-refractivity contribution in [3.63, 3.8) is 0 Å². The number of nitrogens with zero attached hydrogens (tertiary/aromatic N) is 3. The first kappa shape index (κ1) is 14.5. The molecule has 17 heavy (non-hydrogen) atoms. The van der Waals surface area contributed by atoms with Gasteiger partial charge in [0.2, 0.25) is 0 Å². The van der Waals surface area contributed by atoms with Gasteiger partial charge in [0.1, 0.15) is 19.6 Å². The second-order valence-electron chi connectivity index (χ2n) is 3.68. The van der Waals surface area contributed by atoms with Crippen molar-refractivity contribution in [2.45, 2.75) is 20.8 Å². The van der Waals surface area contributed by atoms with Gasteiger partial charge in [-0.2, -0.15) is 4.52 Å². The Balaban J connectivity index is 2.86. The van der Waals surface area contributed by atoms with Crippen LogP contribution in [0.1, 0.15) is 20.8 Å². The monoisotopic (exact) mass is 262 g/mol. The van der Waals surface area contributed by atoms with E-state index in [4.69, 9.17) is 9.15 Å². The number of hydroxylamine groups is 3. The Morgan fingerprint density at radius 3 is 2.24 bits per heavy atom. The molecule has 0 bridgehead atoms. The lowest BCUT2D eigenvalue weighted by atomic mass is 10.5. The Morgan fingerprint density at radius 1 is 1.29 bits per heavy atom. The van der Waals surface area contributed by atoms with Crippen LogP contribution in [-0.2, 0) is 9.15 Å². The molecule has 1 radical (unpaired) electrons. The minimum Gasteiger partial charge on any atom is -0.591 e. The highest BCUT2D eigenvalue weighted by molar-refractivity contribution is 7.57. The molecule has 1 atom stereocenters. The molecule has 0 aromatic carbocycles. The summed E-state index contributed by atoms with van der Waals surface area (Å²) in [6.45, 7) is 8.20. The summed E-state index contributed by atoms with van der Waals surface area (Å²) in [7, 11) is -1.96. The highest BCUT2D eigenvalue weighted by Crippen LogP contribution is 2.57. The van der Waals surface area contributed by atoms with Crippen LogP contribution in [-0.4, -0.2) is 42.4 Å². The van der Waals surface area contributed by atoms with Gasteiger partial charge in [0.25, 0.3) is 0 Å². The summed E-state index contributed by atoms with van der Waals surface area (Å²) in [5, 5.41) is 0. The Kier molecular flexibility index (Phi) is 5.04. The topological polar surface area (TPSA) is 58.9 Å². The van der Waals surface area contributed by atoms with Crippen LogP contribution in [0.15, 0.2) is 12.4 Å². The molecule has 0 aromatic rings. The fourth-order valence-electron chi connectivity index (χ4n) is 1.63. The summed E-state index contributed by atoms with van der Waals surface area (Å²) in [6.07, 6.45) is 4.58. The van der Waals surface area contributed by atoms with Crippen LogP contribution in [0.5, 0.6) is 0 Å². The molecule has 1 heterocycles. The molecule has 97 valence electrons. The van der Waals surface area contributed by atoms with Gasteiger partial charge in [0.15, 0.2) is 12.4 Å². The summed E-state index contributed by atoms with van der Waals surface area (Å²) >= 11 is 0. The predicted molar refractivity (Wildman–Crippen MR) is 66.1 cm³/mol. The second-order valence-corrected chi connectivity index (χ2v) is 5.61. The zero-order valence-corrected chi connectivity index (χ0v) is 11.8. The highest BCUT2D eigenvalue weighted by atomic mass is 31.2. The van der Waals surface area contributed by atoms with Gasteiger partial charge in [0, 0.05) is 4.62 Å². The Morgan fingerprint density at radius 2 is 1.88 bits per heavy atom. The average Bonchev–Trinajstić information content (AvgIpc) is 2.90. The van der Waals surface area contributed by atoms with E-state index in [0.29, 0.717) is 4.65 Å². The molecular weight excluding hydrogens is 241 g/mol. The van der Waals surface area contributed by atoms with Crippen molar-refractivity contribution >= 4 is 14.4 Å².